The zero-order chi connectivity index (χ0) is 48.7. The van der Waals surface area contributed by atoms with Crippen LogP contribution in [-0.4, -0.2) is 119 Å². The molecule has 0 fully saturated rings. The topological polar surface area (TPSA) is 277 Å². The van der Waals surface area contributed by atoms with Crippen LogP contribution < -0.4 is 74.6 Å². The van der Waals surface area contributed by atoms with Crippen LogP contribution in [0.4, 0.5) is 87.8 Å². The fraction of sp³-hybridized carbons (Fsp3) is 0. The monoisotopic (exact) mass is 1380 g/mol. The van der Waals surface area contributed by atoms with Crippen LogP contribution in [0.5, 0.6) is 0 Å². The van der Waals surface area contributed by atoms with E-state index >= 15 is 35.1 Å². The average molecular weight is 1380 g/mol. The molecule has 4 aromatic rings. The molecule has 0 unspecified atom stereocenters. The third-order valence-corrected chi connectivity index (χ3v) is 19.9. The van der Waals surface area contributed by atoms with Gasteiger partial charge in [0.25, 0.3) is 0 Å². The van der Waals surface area contributed by atoms with Gasteiger partial charge in [0, 0.05) is 0 Å². The summed E-state index contributed by atoms with van der Waals surface area (Å²) >= 11 is -9.86. The zero-order valence-corrected chi connectivity index (χ0v) is 40.2. The number of rotatable bonds is 4. The molecule has 0 N–H and O–H groups in total. The number of halogens is 20. The van der Waals surface area contributed by atoms with E-state index in [0.29, 0.717) is 0 Å². The van der Waals surface area contributed by atoms with Crippen molar-refractivity contribution in [1.82, 2.24) is 0 Å². The molecule has 0 saturated heterocycles. The first-order valence-corrected chi connectivity index (χ1v) is 19.3. The first kappa shape index (κ1) is 69.0. The molecule has 0 aliphatic heterocycles. The Hall–Kier alpha value is -1.55. The van der Waals surface area contributed by atoms with Gasteiger partial charge in [0.15, 0.2) is 0 Å². The summed E-state index contributed by atoms with van der Waals surface area (Å²) in [7, 11) is -11.7. The Morgan fingerprint density at radius 2 is 0.250 bits per heavy atom. The van der Waals surface area contributed by atoms with Crippen molar-refractivity contribution in [3.8, 4) is 0 Å². The van der Waals surface area contributed by atoms with E-state index in [1.807, 2.05) is 0 Å². The normalized spacial score (nSPS) is 10.1. The van der Waals surface area contributed by atoms with E-state index in [1.54, 1.807) is 0 Å². The molecule has 0 radical (unpaired) electrons. The molecule has 0 saturated carbocycles. The average Bonchev–Trinajstić information content (AvgIpc) is 3.13. The van der Waals surface area contributed by atoms with Crippen LogP contribution in [0.25, 0.3) is 0 Å². The van der Waals surface area contributed by atoms with E-state index in [0.717, 1.165) is 0 Å². The second-order valence-electron chi connectivity index (χ2n) is 9.68. The maximum absolute atomic E-state index is 15.4. The van der Waals surface area contributed by atoms with Gasteiger partial charge in [-0.05, 0) is 0 Å². The van der Waals surface area contributed by atoms with E-state index in [4.69, 9.17) is 60.3 Å². The number of hydrogen-bond donors (Lipinski definition) is 0. The molecule has 0 atom stereocenters. The van der Waals surface area contributed by atoms with E-state index < -0.39 is 178 Å². The quantitative estimate of drug-likeness (QED) is 0.0798. The van der Waals surface area contributed by atoms with Gasteiger partial charge in [0.1, 0.15) is 0 Å². The Bertz CT molecular complexity index is 1810. The first-order chi connectivity index (χ1) is 27.6. The molecule has 0 amide bonds. The molecule has 4 aromatic carbocycles. The Labute approximate surface area is 395 Å². The van der Waals surface area contributed by atoms with Gasteiger partial charge in [0.05, 0.1) is 0 Å². The number of hydrogen-bond acceptors (Lipinski definition) is 12. The fourth-order valence-corrected chi connectivity index (χ4v) is 18.8. The maximum Gasteiger partial charge on any atom is 4.00 e. The van der Waals surface area contributed by atoms with Crippen LogP contribution in [0.15, 0.2) is 0 Å². The second kappa shape index (κ2) is 28.7. The second-order valence-corrected chi connectivity index (χ2v) is 19.7. The molecule has 0 heterocycles. The summed E-state index contributed by atoms with van der Waals surface area (Å²) in [5.74, 6) is -70.5. The Morgan fingerprint density at radius 1 is 0.188 bits per heavy atom. The van der Waals surface area contributed by atoms with Gasteiger partial charge in [-0.25, -0.2) is 0 Å². The maximum atomic E-state index is 15.4. The molecule has 0 spiro atoms. The van der Waals surface area contributed by atoms with Gasteiger partial charge in [-0.2, -0.15) is 0 Å². The molecule has 4 rings (SSSR count). The molecule has 64 heavy (non-hydrogen) atoms. The molecule has 336 valence electrons. The molecular weight excluding hydrogens is 1380 g/mol. The molecule has 0 aromatic heterocycles. The summed E-state index contributed by atoms with van der Waals surface area (Å²) in [4.78, 5) is 0. The standard InChI is InChI=1S/4C6F5.4BO3.4Sn/c4*7-2-1-3(8)5(10)6(11)4(2)9;4*2-1(3)4;;;;/q;;;;4*-3;;3*+4. The van der Waals surface area contributed by atoms with Gasteiger partial charge < -0.3 is 60.3 Å². The summed E-state index contributed by atoms with van der Waals surface area (Å²) in [5, 5.41) is 101. The smallest absolute Gasteiger partial charge is 0.907 e. The minimum atomic E-state index is -9.86. The predicted octanol–water partition coefficient (Wildman–Crippen LogP) is -11.1. The van der Waals surface area contributed by atoms with Gasteiger partial charge in [0.2, 0.25) is 0 Å². The van der Waals surface area contributed by atoms with Crippen molar-refractivity contribution in [2.24, 2.45) is 0 Å². The summed E-state index contributed by atoms with van der Waals surface area (Å²) < 4.78 is 281. The van der Waals surface area contributed by atoms with Crippen molar-refractivity contribution in [3.05, 3.63) is 116 Å². The summed E-state index contributed by atoms with van der Waals surface area (Å²) in [6, 6.07) is 0. The molecular formula is C24B4F20O12Sn4. The van der Waals surface area contributed by atoms with Crippen molar-refractivity contribution >= 4 is 134 Å². The van der Waals surface area contributed by atoms with E-state index in [1.165, 1.54) is 0 Å². The Balaban J connectivity index is -0.000000818. The molecule has 40 heteroatoms. The van der Waals surface area contributed by atoms with Gasteiger partial charge in [-0.1, -0.05) is 0 Å². The van der Waals surface area contributed by atoms with Crippen molar-refractivity contribution in [2.45, 2.75) is 0 Å². The minimum absolute atomic E-state index is 0. The van der Waals surface area contributed by atoms with Gasteiger partial charge >= 0.3 is 309 Å². The minimum Gasteiger partial charge on any atom is -0.907 e. The van der Waals surface area contributed by atoms with Crippen LogP contribution in [0.3, 0.4) is 0 Å². The zero-order valence-electron chi connectivity index (χ0n) is 28.8. The third kappa shape index (κ3) is 15.2. The van der Waals surface area contributed by atoms with Gasteiger partial charge in [-0.3, -0.25) is 29.3 Å². The van der Waals surface area contributed by atoms with E-state index in [-0.39, 0.29) is 71.7 Å². The van der Waals surface area contributed by atoms with E-state index in [9.17, 15) is 52.7 Å². The van der Waals surface area contributed by atoms with Crippen molar-refractivity contribution < 1.29 is 148 Å². The van der Waals surface area contributed by atoms with E-state index in [2.05, 4.69) is 0 Å². The van der Waals surface area contributed by atoms with Crippen LogP contribution in [-0.2, 0) is 0 Å². The Kier molecular flexibility index (Phi) is 31.0. The van der Waals surface area contributed by atoms with Crippen LogP contribution in [0.2, 0.25) is 0 Å². The largest absolute Gasteiger partial charge is 4.00 e. The first-order valence-electron chi connectivity index (χ1n) is 13.6. The molecule has 0 aliphatic carbocycles. The van der Waals surface area contributed by atoms with Crippen molar-refractivity contribution in [3.63, 3.8) is 0 Å². The third-order valence-electron chi connectivity index (χ3n) is 6.34. The van der Waals surface area contributed by atoms with Crippen molar-refractivity contribution in [2.75, 3.05) is 0 Å². The predicted molar refractivity (Wildman–Crippen MR) is 149 cm³/mol. The van der Waals surface area contributed by atoms with Crippen LogP contribution in [0, 0.1) is 116 Å². The summed E-state index contributed by atoms with van der Waals surface area (Å²) in [5.41, 5.74) is 0. The molecule has 0 bridgehead atoms. The van der Waals surface area contributed by atoms with Crippen LogP contribution in [0.1, 0.15) is 0 Å². The van der Waals surface area contributed by atoms with Gasteiger partial charge in [-0.15, -0.1) is 0 Å². The fourth-order valence-electron chi connectivity index (χ4n) is 4.49. The SMILES string of the molecule is Fc1c(F)c(F)[c]([Sn]([c]2c(F)c(F)c(F)c(F)c2F)([c]2c(F)c(F)c(F)c(F)c2F)[c]2c(F)c(F)c(F)c(F)c2F)c(F)c1F.[O-]B([O-])[O-].[O-]B([O-])[O-].[O-]B([O-])[O-].[O-]B([O-])[O-].[Sn+4].[Sn+4].[Sn+4]. The molecule has 12 nitrogen and oxygen atoms in total. The summed E-state index contributed by atoms with van der Waals surface area (Å²) in [6.07, 6.45) is 0. The van der Waals surface area contributed by atoms with Crippen molar-refractivity contribution in [1.29, 1.82) is 0 Å². The summed E-state index contributed by atoms with van der Waals surface area (Å²) in [6.45, 7) is 0. The van der Waals surface area contributed by atoms with Crippen LogP contribution >= 0.6 is 0 Å². The Morgan fingerprint density at radius 3 is 0.328 bits per heavy atom. The molecule has 0 aliphatic rings. The number of benzene rings is 4.